The highest BCUT2D eigenvalue weighted by Crippen LogP contribution is 2.34. The van der Waals surface area contributed by atoms with Gasteiger partial charge >= 0.3 is 0 Å². The van der Waals surface area contributed by atoms with Crippen LogP contribution in [0.2, 0.25) is 0 Å². The molecule has 7 aromatic rings. The topological polar surface area (TPSA) is 213 Å². The molecule has 0 aliphatic carbocycles. The maximum Gasteiger partial charge on any atom is 0.188 e. The van der Waals surface area contributed by atoms with Crippen LogP contribution in [0.4, 0.5) is 5.82 Å². The quantitative estimate of drug-likeness (QED) is 0.0391. The molecule has 14 nitrogen and oxygen atoms in total. The zero-order chi connectivity index (χ0) is 45.3. The molecule has 0 radical (unpaired) electrons. The lowest BCUT2D eigenvalue weighted by molar-refractivity contribution is 0.0509. The Kier molecular flexibility index (Phi) is 18.3. The monoisotopic (exact) mass is 1040 g/mol. The van der Waals surface area contributed by atoms with Crippen molar-refractivity contribution in [3.05, 3.63) is 171 Å². The van der Waals surface area contributed by atoms with Crippen LogP contribution in [0.15, 0.2) is 149 Å². The average molecular weight is 1050 g/mol. The molecule has 2 atom stereocenters. The summed E-state index contributed by atoms with van der Waals surface area (Å²) in [6, 6.07) is 33.5. The van der Waals surface area contributed by atoms with E-state index in [0.29, 0.717) is 39.1 Å². The molecule has 0 aliphatic heterocycles. The third-order valence-electron chi connectivity index (χ3n) is 9.26. The van der Waals surface area contributed by atoms with E-state index in [-0.39, 0.29) is 25.4 Å². The minimum absolute atomic E-state index is 0.0699. The van der Waals surface area contributed by atoms with Gasteiger partial charge in [0.15, 0.2) is 19.4 Å². The first-order valence-corrected chi connectivity index (χ1v) is 21.9. The largest absolute Gasteiger partial charge is 0.467 e. The van der Waals surface area contributed by atoms with Crippen molar-refractivity contribution in [2.75, 3.05) is 33.5 Å². The Balaban J connectivity index is 0.000000202. The summed E-state index contributed by atoms with van der Waals surface area (Å²) in [6.07, 6.45) is 8.75. The number of nitrogens with two attached hydrogens (primary N) is 4. The van der Waals surface area contributed by atoms with Gasteiger partial charge in [0.1, 0.15) is 17.3 Å². The molecule has 0 aliphatic rings. The van der Waals surface area contributed by atoms with Crippen molar-refractivity contribution in [1.82, 2.24) is 30.2 Å². The van der Waals surface area contributed by atoms with Crippen LogP contribution in [-0.4, -0.2) is 58.0 Å². The van der Waals surface area contributed by atoms with Gasteiger partial charge in [-0.3, -0.25) is 9.78 Å². The first kappa shape index (κ1) is 48.1. The molecule has 0 spiro atoms. The molecule has 0 amide bonds. The van der Waals surface area contributed by atoms with Gasteiger partial charge in [-0.05, 0) is 85.6 Å². The van der Waals surface area contributed by atoms with Crippen LogP contribution in [0, 0.1) is 0 Å². The van der Waals surface area contributed by atoms with E-state index in [4.69, 9.17) is 41.9 Å². The maximum atomic E-state index is 6.18. The van der Waals surface area contributed by atoms with E-state index < -0.39 is 0 Å². The van der Waals surface area contributed by atoms with Crippen molar-refractivity contribution in [3.8, 4) is 33.9 Å². The van der Waals surface area contributed by atoms with Crippen molar-refractivity contribution in [2.45, 2.75) is 24.7 Å². The summed E-state index contributed by atoms with van der Waals surface area (Å²) in [5, 5.41) is 19.6. The third-order valence-corrected chi connectivity index (χ3v) is 10.8. The molecular weight excluding hydrogens is 996 g/mol. The van der Waals surface area contributed by atoms with Crippen molar-refractivity contribution < 1.29 is 18.9 Å². The van der Waals surface area contributed by atoms with Crippen LogP contribution in [0.1, 0.15) is 47.0 Å². The average Bonchev–Trinajstić information content (AvgIpc) is 4.02. The highest BCUT2D eigenvalue weighted by molar-refractivity contribution is 9.10. The fourth-order valence-electron chi connectivity index (χ4n) is 5.92. The molecule has 3 heterocycles. The summed E-state index contributed by atoms with van der Waals surface area (Å²) < 4.78 is 25.2. The van der Waals surface area contributed by atoms with Crippen molar-refractivity contribution in [3.63, 3.8) is 0 Å². The number of rotatable bonds is 14. The lowest BCUT2D eigenvalue weighted by atomic mass is 10.0. The van der Waals surface area contributed by atoms with E-state index in [1.807, 2.05) is 89.7 Å². The van der Waals surface area contributed by atoms with E-state index in [0.717, 1.165) is 42.3 Å². The molecule has 3 aromatic heterocycles. The number of para-hydroxylation sites is 2. The van der Waals surface area contributed by atoms with E-state index in [9.17, 15) is 0 Å². The number of methoxy groups -OCH3 is 2. The number of ether oxygens (including phenoxy) is 4. The molecule has 63 heavy (non-hydrogen) atoms. The summed E-state index contributed by atoms with van der Waals surface area (Å²) in [5.74, 6) is 1.77. The molecule has 0 bridgehead atoms. The highest BCUT2D eigenvalue weighted by Gasteiger charge is 2.16. The van der Waals surface area contributed by atoms with Gasteiger partial charge in [-0.1, -0.05) is 96.3 Å². The number of benzene rings is 4. The Hall–Kier alpha value is -5.98. The zero-order valence-corrected chi connectivity index (χ0v) is 39.8. The Bertz CT molecular complexity index is 2560. The number of H-pyrrole nitrogens is 1. The van der Waals surface area contributed by atoms with Gasteiger partial charge in [0.2, 0.25) is 0 Å². The van der Waals surface area contributed by atoms with E-state index in [2.05, 4.69) is 111 Å². The molecule has 4 aromatic carbocycles. The number of alkyl halides is 1. The van der Waals surface area contributed by atoms with Gasteiger partial charge in [-0.15, -0.1) is 10.2 Å². The molecule has 0 fully saturated rings. The van der Waals surface area contributed by atoms with Crippen molar-refractivity contribution in [1.29, 1.82) is 0 Å². The van der Waals surface area contributed by atoms with E-state index in [1.165, 1.54) is 5.56 Å². The molecule has 2 unspecified atom stereocenters. The molecule has 17 heteroatoms. The number of anilines is 1. The van der Waals surface area contributed by atoms with Gasteiger partial charge in [0.25, 0.3) is 0 Å². The minimum atomic E-state index is 0.0699. The molecule has 328 valence electrons. The minimum Gasteiger partial charge on any atom is -0.467 e. The maximum absolute atomic E-state index is 6.18. The molecule has 0 saturated heterocycles. The zero-order valence-electron chi connectivity index (χ0n) is 35.1. The normalized spacial score (nSPS) is 11.9. The molecule has 0 saturated carbocycles. The van der Waals surface area contributed by atoms with Crippen LogP contribution in [0.25, 0.3) is 33.7 Å². The van der Waals surface area contributed by atoms with Crippen LogP contribution in [-0.2, 0) is 9.47 Å². The van der Waals surface area contributed by atoms with Crippen LogP contribution in [0.3, 0.4) is 0 Å². The number of allylic oxidation sites excluding steroid dienone is 2. The first-order chi connectivity index (χ1) is 30.4. The molecule has 9 N–H and O–H groups in total. The number of aromatic amines is 1. The van der Waals surface area contributed by atoms with Gasteiger partial charge in [0.05, 0.1) is 24.1 Å². The smallest absolute Gasteiger partial charge is 0.188 e. The van der Waals surface area contributed by atoms with Gasteiger partial charge in [0, 0.05) is 79.5 Å². The van der Waals surface area contributed by atoms with Gasteiger partial charge in [-0.2, -0.15) is 10.2 Å². The molecular formula is C46H49Br3N10O4. The lowest BCUT2D eigenvalue weighted by Gasteiger charge is -2.13. The Morgan fingerprint density at radius 3 is 1.97 bits per heavy atom. The number of nitrogens with one attached hydrogen (secondary N) is 1. The van der Waals surface area contributed by atoms with Crippen LogP contribution >= 0.6 is 47.8 Å². The highest BCUT2D eigenvalue weighted by atomic mass is 79.9. The van der Waals surface area contributed by atoms with E-state index >= 15 is 0 Å². The number of hydrogen-bond donors (Lipinski definition) is 5. The van der Waals surface area contributed by atoms with Crippen molar-refractivity contribution >= 4 is 64.9 Å². The fraction of sp³-hybridized carbons (Fsp3) is 0.174. The Morgan fingerprint density at radius 1 is 0.762 bits per heavy atom. The number of nitrogens with zero attached hydrogens (tertiary/aromatic N) is 5. The summed E-state index contributed by atoms with van der Waals surface area (Å²) in [7, 11) is 3.13. The summed E-state index contributed by atoms with van der Waals surface area (Å²) >= 11 is 10.3. The van der Waals surface area contributed by atoms with Crippen LogP contribution in [0.5, 0.6) is 11.5 Å². The standard InChI is InChI=1S/C23H22BrN5O2.C15H19N5O2.C8H8Br2/c1-15(16-7-9-18(24)10-8-16)29-13-17(12-26-29)20-11-21(27-28-23(20)25)19-5-3-4-6-22(19)31-14-30-2;1-21-9-22-14-5-3-2-4-11(14)13(16)6-12(15(17)18)10-7-19-20-8-10;1-6(9)7-2-4-8(10)5-3-7/h3-13,15H,14H2,1-2H3,(H2,25,28);2-8H,9,16-18H2,1H3,(H,19,20);2-6H,1H3/b;13-6-;. The van der Waals surface area contributed by atoms with E-state index in [1.54, 1.807) is 38.9 Å². The second-order valence-corrected chi connectivity index (χ2v) is 16.9. The lowest BCUT2D eigenvalue weighted by Crippen LogP contribution is -2.12. The second-order valence-electron chi connectivity index (χ2n) is 13.7. The van der Waals surface area contributed by atoms with Gasteiger partial charge in [-0.25, -0.2) is 0 Å². The predicted molar refractivity (Wildman–Crippen MR) is 260 cm³/mol. The summed E-state index contributed by atoms with van der Waals surface area (Å²) in [5.41, 5.74) is 31.9. The SMILES string of the molecule is CC(Br)c1ccc(Br)cc1.COCOc1ccccc1-c1cc(-c2cnn(C(C)c3ccc(Br)cc3)c2)c(N)nn1.COCOc1ccccc1/C(N)=C/C(=C(N)N)c1cn[nH]c1. The number of aromatic nitrogens is 6. The number of halogens is 3. The molecule has 7 rings (SSSR count). The van der Waals surface area contributed by atoms with Crippen LogP contribution < -0.4 is 32.4 Å². The van der Waals surface area contributed by atoms with Gasteiger partial charge < -0.3 is 41.9 Å². The first-order valence-electron chi connectivity index (χ1n) is 19.4. The Morgan fingerprint density at radius 2 is 1.37 bits per heavy atom. The number of hydrogen-bond acceptors (Lipinski definition) is 12. The Labute approximate surface area is 392 Å². The summed E-state index contributed by atoms with van der Waals surface area (Å²) in [4.78, 5) is 0.445. The predicted octanol–water partition coefficient (Wildman–Crippen LogP) is 9.83. The number of nitrogen functional groups attached to an aromatic ring is 1. The van der Waals surface area contributed by atoms with Crippen molar-refractivity contribution in [2.24, 2.45) is 17.2 Å². The second kappa shape index (κ2) is 24.0. The fourth-order valence-corrected chi connectivity index (χ4v) is 6.75. The summed E-state index contributed by atoms with van der Waals surface area (Å²) in [6.45, 7) is 4.49. The third kappa shape index (κ3) is 13.8.